The number of para-hydroxylation sites is 1. The molecule has 1 aromatic heterocycles. The van der Waals surface area contributed by atoms with E-state index in [1.54, 1.807) is 30.3 Å². The van der Waals surface area contributed by atoms with Gasteiger partial charge in [0.25, 0.3) is 5.56 Å². The molecule has 5 nitrogen and oxygen atoms in total. The molecule has 0 spiro atoms. The molecule has 0 amide bonds. The van der Waals surface area contributed by atoms with E-state index in [1.807, 2.05) is 0 Å². The van der Waals surface area contributed by atoms with Crippen molar-refractivity contribution in [2.75, 3.05) is 0 Å². The Labute approximate surface area is 100 Å². The number of aromatic nitrogens is 2. The molecule has 2 rings (SSSR count). The Hall–Kier alpha value is -2.14. The smallest absolute Gasteiger partial charge is 0.298 e. The molecule has 0 radical (unpaired) electrons. The number of halogens is 1. The summed E-state index contributed by atoms with van der Waals surface area (Å²) >= 11 is 5.59. The monoisotopic (exact) mass is 250 g/mol. The zero-order valence-electron chi connectivity index (χ0n) is 8.51. The molecule has 17 heavy (non-hydrogen) atoms. The van der Waals surface area contributed by atoms with Gasteiger partial charge < -0.3 is 0 Å². The Kier molecular flexibility index (Phi) is 2.93. The minimum Gasteiger partial charge on any atom is -0.298 e. The summed E-state index contributed by atoms with van der Waals surface area (Å²) in [5, 5.41) is -0.248. The first-order valence-corrected chi connectivity index (χ1v) is 5.08. The van der Waals surface area contributed by atoms with Crippen LogP contribution in [0.5, 0.6) is 0 Å². The molecule has 0 aliphatic carbocycles. The van der Waals surface area contributed by atoms with E-state index in [9.17, 15) is 14.4 Å². The Balaban J connectivity index is 2.85. The standard InChI is InChI=1S/C11H7ClN2O3/c12-9-8(6-15)10(16)14(11(17)13-9)7-4-2-1-3-5-7/h1-6H,(H,13,17). The molecular formula is C11H7ClN2O3. The van der Waals surface area contributed by atoms with Gasteiger partial charge in [-0.25, -0.2) is 9.36 Å². The molecule has 0 unspecified atom stereocenters. The van der Waals surface area contributed by atoms with Crippen LogP contribution in [0.15, 0.2) is 39.9 Å². The maximum absolute atomic E-state index is 11.9. The van der Waals surface area contributed by atoms with Gasteiger partial charge in [-0.3, -0.25) is 14.6 Å². The van der Waals surface area contributed by atoms with Crippen molar-refractivity contribution in [3.8, 4) is 5.69 Å². The highest BCUT2D eigenvalue weighted by atomic mass is 35.5. The highest BCUT2D eigenvalue weighted by Crippen LogP contribution is 2.05. The number of hydrogen-bond acceptors (Lipinski definition) is 3. The van der Waals surface area contributed by atoms with E-state index < -0.39 is 11.2 Å². The summed E-state index contributed by atoms with van der Waals surface area (Å²) < 4.78 is 0.857. The molecule has 1 N–H and O–H groups in total. The Morgan fingerprint density at radius 2 is 1.82 bits per heavy atom. The summed E-state index contributed by atoms with van der Waals surface area (Å²) in [7, 11) is 0. The molecule has 1 aromatic carbocycles. The molecule has 0 bridgehead atoms. The second kappa shape index (κ2) is 4.39. The zero-order valence-corrected chi connectivity index (χ0v) is 9.27. The van der Waals surface area contributed by atoms with Crippen molar-refractivity contribution in [1.82, 2.24) is 9.55 Å². The number of carbonyl (C=O) groups is 1. The summed E-state index contributed by atoms with van der Waals surface area (Å²) in [6.07, 6.45) is 0.319. The number of nitrogens with one attached hydrogen (secondary N) is 1. The van der Waals surface area contributed by atoms with Crippen LogP contribution < -0.4 is 11.2 Å². The van der Waals surface area contributed by atoms with Gasteiger partial charge in [0, 0.05) is 0 Å². The number of carbonyl (C=O) groups excluding carboxylic acids is 1. The van der Waals surface area contributed by atoms with Crippen molar-refractivity contribution in [3.05, 3.63) is 61.9 Å². The third kappa shape index (κ3) is 1.92. The summed E-state index contributed by atoms with van der Waals surface area (Å²) in [5.74, 6) is 0. The van der Waals surface area contributed by atoms with Gasteiger partial charge in [0.05, 0.1) is 5.69 Å². The van der Waals surface area contributed by atoms with E-state index in [0.29, 0.717) is 12.0 Å². The summed E-state index contributed by atoms with van der Waals surface area (Å²) in [4.78, 5) is 36.5. The van der Waals surface area contributed by atoms with Crippen molar-refractivity contribution in [2.24, 2.45) is 0 Å². The Bertz CT molecular complexity index is 673. The van der Waals surface area contributed by atoms with Crippen molar-refractivity contribution in [3.63, 3.8) is 0 Å². The number of nitrogens with zero attached hydrogens (tertiary/aromatic N) is 1. The minimum atomic E-state index is -0.736. The van der Waals surface area contributed by atoms with E-state index in [4.69, 9.17) is 11.6 Å². The topological polar surface area (TPSA) is 71.9 Å². The van der Waals surface area contributed by atoms with Gasteiger partial charge in [0.2, 0.25) is 0 Å². The van der Waals surface area contributed by atoms with Crippen LogP contribution >= 0.6 is 11.6 Å². The largest absolute Gasteiger partial charge is 0.334 e. The number of benzene rings is 1. The second-order valence-corrected chi connectivity index (χ2v) is 3.63. The first-order chi connectivity index (χ1) is 8.15. The first kappa shape index (κ1) is 11.3. The van der Waals surface area contributed by atoms with Crippen LogP contribution in [0.1, 0.15) is 10.4 Å². The normalized spacial score (nSPS) is 10.2. The van der Waals surface area contributed by atoms with Gasteiger partial charge in [-0.1, -0.05) is 29.8 Å². The summed E-state index contributed by atoms with van der Waals surface area (Å²) in [6.45, 7) is 0. The highest BCUT2D eigenvalue weighted by Gasteiger charge is 2.12. The third-order valence-electron chi connectivity index (χ3n) is 2.22. The summed E-state index contributed by atoms with van der Waals surface area (Å²) in [5.41, 5.74) is -1.31. The first-order valence-electron chi connectivity index (χ1n) is 4.70. The maximum Gasteiger partial charge on any atom is 0.334 e. The average Bonchev–Trinajstić information content (AvgIpc) is 2.30. The number of H-pyrrole nitrogens is 1. The molecule has 0 saturated carbocycles. The van der Waals surface area contributed by atoms with E-state index >= 15 is 0 Å². The lowest BCUT2D eigenvalue weighted by Gasteiger charge is -2.05. The molecule has 0 fully saturated rings. The lowest BCUT2D eigenvalue weighted by Crippen LogP contribution is -2.36. The molecule has 2 aromatic rings. The fourth-order valence-corrected chi connectivity index (χ4v) is 1.64. The van der Waals surface area contributed by atoms with E-state index in [1.165, 1.54) is 0 Å². The lowest BCUT2D eigenvalue weighted by atomic mass is 10.3. The van der Waals surface area contributed by atoms with Gasteiger partial charge in [0.15, 0.2) is 6.29 Å². The maximum atomic E-state index is 11.9. The molecule has 6 heteroatoms. The predicted molar refractivity (Wildman–Crippen MR) is 63.1 cm³/mol. The van der Waals surface area contributed by atoms with Crippen LogP contribution in [-0.2, 0) is 0 Å². The van der Waals surface area contributed by atoms with Crippen LogP contribution in [0.4, 0.5) is 0 Å². The molecule has 0 saturated heterocycles. The lowest BCUT2D eigenvalue weighted by molar-refractivity contribution is 0.112. The SMILES string of the molecule is O=Cc1c(Cl)[nH]c(=O)n(-c2ccccc2)c1=O. The fraction of sp³-hybridized carbons (Fsp3) is 0. The van der Waals surface area contributed by atoms with Gasteiger partial charge in [0.1, 0.15) is 10.7 Å². The predicted octanol–water partition coefficient (Wildman–Crippen LogP) is 0.992. The fourth-order valence-electron chi connectivity index (χ4n) is 1.44. The van der Waals surface area contributed by atoms with Crippen molar-refractivity contribution in [1.29, 1.82) is 0 Å². The van der Waals surface area contributed by atoms with E-state index in [-0.39, 0.29) is 10.7 Å². The van der Waals surface area contributed by atoms with Gasteiger partial charge in [-0.2, -0.15) is 0 Å². The Morgan fingerprint density at radius 3 is 2.41 bits per heavy atom. The third-order valence-corrected chi connectivity index (χ3v) is 2.52. The van der Waals surface area contributed by atoms with Crippen LogP contribution in [0, 0.1) is 0 Å². The number of aromatic amines is 1. The quantitative estimate of drug-likeness (QED) is 0.638. The van der Waals surface area contributed by atoms with Crippen molar-refractivity contribution >= 4 is 17.9 Å². The molecule has 0 atom stereocenters. The van der Waals surface area contributed by atoms with Crippen LogP contribution in [-0.4, -0.2) is 15.8 Å². The number of aldehydes is 1. The van der Waals surface area contributed by atoms with Crippen molar-refractivity contribution in [2.45, 2.75) is 0 Å². The number of hydrogen-bond donors (Lipinski definition) is 1. The van der Waals surface area contributed by atoms with Crippen LogP contribution in [0.25, 0.3) is 5.69 Å². The molecule has 0 aliphatic rings. The van der Waals surface area contributed by atoms with Crippen molar-refractivity contribution < 1.29 is 4.79 Å². The molecular weight excluding hydrogens is 244 g/mol. The van der Waals surface area contributed by atoms with E-state index in [0.717, 1.165) is 4.57 Å². The van der Waals surface area contributed by atoms with Gasteiger partial charge in [-0.15, -0.1) is 0 Å². The second-order valence-electron chi connectivity index (χ2n) is 3.25. The Morgan fingerprint density at radius 1 is 1.18 bits per heavy atom. The molecule has 1 heterocycles. The van der Waals surface area contributed by atoms with Gasteiger partial charge in [-0.05, 0) is 12.1 Å². The average molecular weight is 251 g/mol. The molecule has 0 aliphatic heterocycles. The molecule has 86 valence electrons. The zero-order chi connectivity index (χ0) is 12.4. The minimum absolute atomic E-state index is 0.248. The highest BCUT2D eigenvalue weighted by molar-refractivity contribution is 6.31. The summed E-state index contributed by atoms with van der Waals surface area (Å²) in [6, 6.07) is 8.27. The van der Waals surface area contributed by atoms with E-state index in [2.05, 4.69) is 4.98 Å². The van der Waals surface area contributed by atoms with Crippen LogP contribution in [0.2, 0.25) is 5.15 Å². The van der Waals surface area contributed by atoms with Crippen LogP contribution in [0.3, 0.4) is 0 Å². The van der Waals surface area contributed by atoms with Gasteiger partial charge >= 0.3 is 5.69 Å². The number of rotatable bonds is 2.